The molecule has 0 unspecified atom stereocenters. The standard InChI is InChI=1S/C15H17NO5/c1-9-12(8-14(18)19)15(20)11-4-3-10(21-2)7-13(11)16(9)5-6-17/h3-4,7,17H,5-6,8H2,1-2H3,(H,18,19). The number of carboxylic acids is 1. The van der Waals surface area contributed by atoms with Gasteiger partial charge in [0.1, 0.15) is 5.75 Å². The van der Waals surface area contributed by atoms with Gasteiger partial charge in [0.2, 0.25) is 0 Å². The van der Waals surface area contributed by atoms with Gasteiger partial charge in [0.15, 0.2) is 5.43 Å². The summed E-state index contributed by atoms with van der Waals surface area (Å²) in [4.78, 5) is 23.4. The quantitative estimate of drug-likeness (QED) is 0.855. The Hall–Kier alpha value is -2.34. The monoisotopic (exact) mass is 291 g/mol. The highest BCUT2D eigenvalue weighted by Gasteiger charge is 2.16. The number of methoxy groups -OCH3 is 1. The van der Waals surface area contributed by atoms with Crippen LogP contribution in [0.4, 0.5) is 0 Å². The molecule has 0 radical (unpaired) electrons. The number of aliphatic hydroxyl groups excluding tert-OH is 1. The molecule has 21 heavy (non-hydrogen) atoms. The lowest BCUT2D eigenvalue weighted by molar-refractivity contribution is -0.136. The lowest BCUT2D eigenvalue weighted by atomic mass is 10.0. The zero-order valence-electron chi connectivity index (χ0n) is 11.9. The predicted molar refractivity (Wildman–Crippen MR) is 77.9 cm³/mol. The zero-order valence-corrected chi connectivity index (χ0v) is 11.9. The van der Waals surface area contributed by atoms with E-state index in [1.165, 1.54) is 7.11 Å². The molecule has 0 atom stereocenters. The molecule has 1 aromatic heterocycles. The van der Waals surface area contributed by atoms with Gasteiger partial charge >= 0.3 is 5.97 Å². The first-order valence-electron chi connectivity index (χ1n) is 6.52. The number of pyridine rings is 1. The molecule has 0 spiro atoms. The van der Waals surface area contributed by atoms with Crippen LogP contribution < -0.4 is 10.2 Å². The summed E-state index contributed by atoms with van der Waals surface area (Å²) in [7, 11) is 1.53. The molecular weight excluding hydrogens is 274 g/mol. The number of nitrogens with zero attached hydrogens (tertiary/aromatic N) is 1. The van der Waals surface area contributed by atoms with Gasteiger partial charge in [-0.05, 0) is 19.1 Å². The fraction of sp³-hybridized carbons (Fsp3) is 0.333. The molecular formula is C15H17NO5. The maximum atomic E-state index is 12.5. The van der Waals surface area contributed by atoms with Gasteiger partial charge < -0.3 is 19.5 Å². The van der Waals surface area contributed by atoms with E-state index in [2.05, 4.69) is 0 Å². The van der Waals surface area contributed by atoms with Crippen LogP contribution in [-0.2, 0) is 17.8 Å². The SMILES string of the molecule is COc1ccc2c(=O)c(CC(=O)O)c(C)n(CCO)c2c1. The third-order valence-electron chi connectivity index (χ3n) is 3.51. The topological polar surface area (TPSA) is 88.8 Å². The van der Waals surface area contributed by atoms with E-state index in [1.807, 2.05) is 0 Å². The molecule has 0 saturated heterocycles. The first-order valence-corrected chi connectivity index (χ1v) is 6.52. The first-order chi connectivity index (χ1) is 9.99. The lowest BCUT2D eigenvalue weighted by Gasteiger charge is -2.17. The highest BCUT2D eigenvalue weighted by atomic mass is 16.5. The summed E-state index contributed by atoms with van der Waals surface area (Å²) in [5.41, 5.74) is 1.13. The van der Waals surface area contributed by atoms with Crippen molar-refractivity contribution in [3.05, 3.63) is 39.7 Å². The van der Waals surface area contributed by atoms with E-state index in [-0.39, 0.29) is 30.6 Å². The fourth-order valence-corrected chi connectivity index (χ4v) is 2.47. The van der Waals surface area contributed by atoms with Gasteiger partial charge in [0.25, 0.3) is 0 Å². The van der Waals surface area contributed by atoms with Gasteiger partial charge in [-0.15, -0.1) is 0 Å². The van der Waals surface area contributed by atoms with Crippen molar-refractivity contribution >= 4 is 16.9 Å². The number of aliphatic hydroxyl groups is 1. The Morgan fingerprint density at radius 2 is 2.10 bits per heavy atom. The number of aromatic nitrogens is 1. The number of carboxylic acid groups (broad SMARTS) is 1. The van der Waals surface area contributed by atoms with Crippen LogP contribution in [0.25, 0.3) is 10.9 Å². The van der Waals surface area contributed by atoms with E-state index in [0.29, 0.717) is 22.3 Å². The predicted octanol–water partition coefficient (Wildman–Crippen LogP) is 0.938. The van der Waals surface area contributed by atoms with E-state index >= 15 is 0 Å². The molecule has 2 rings (SSSR count). The molecule has 0 amide bonds. The average molecular weight is 291 g/mol. The van der Waals surface area contributed by atoms with Crippen molar-refractivity contribution in [3.63, 3.8) is 0 Å². The van der Waals surface area contributed by atoms with Crippen LogP contribution in [0.2, 0.25) is 0 Å². The summed E-state index contributed by atoms with van der Waals surface area (Å²) in [6.45, 7) is 1.86. The van der Waals surface area contributed by atoms with Crippen molar-refractivity contribution in [1.29, 1.82) is 0 Å². The van der Waals surface area contributed by atoms with Crippen LogP contribution in [0, 0.1) is 6.92 Å². The molecule has 0 fully saturated rings. The minimum absolute atomic E-state index is 0.109. The summed E-state index contributed by atoms with van der Waals surface area (Å²) < 4.78 is 6.91. The summed E-state index contributed by atoms with van der Waals surface area (Å²) in [6, 6.07) is 4.99. The van der Waals surface area contributed by atoms with Crippen LogP contribution >= 0.6 is 0 Å². The molecule has 2 aromatic rings. The van der Waals surface area contributed by atoms with E-state index in [0.717, 1.165) is 0 Å². The third-order valence-corrected chi connectivity index (χ3v) is 3.51. The van der Waals surface area contributed by atoms with Crippen LogP contribution in [0.1, 0.15) is 11.3 Å². The summed E-state index contributed by atoms with van der Waals surface area (Å²) in [5, 5.41) is 18.6. The Morgan fingerprint density at radius 1 is 1.38 bits per heavy atom. The number of ether oxygens (including phenoxy) is 1. The highest BCUT2D eigenvalue weighted by molar-refractivity contribution is 5.83. The van der Waals surface area contributed by atoms with Gasteiger partial charge in [-0.3, -0.25) is 9.59 Å². The molecule has 1 aromatic carbocycles. The number of hydrogen-bond acceptors (Lipinski definition) is 4. The van der Waals surface area contributed by atoms with Crippen molar-refractivity contribution in [2.45, 2.75) is 19.9 Å². The largest absolute Gasteiger partial charge is 0.497 e. The Bertz CT molecular complexity index is 748. The molecule has 6 nitrogen and oxygen atoms in total. The van der Waals surface area contributed by atoms with Crippen molar-refractivity contribution in [3.8, 4) is 5.75 Å². The van der Waals surface area contributed by atoms with Gasteiger partial charge in [-0.2, -0.15) is 0 Å². The molecule has 0 aliphatic rings. The molecule has 0 aliphatic heterocycles. The molecule has 0 aliphatic carbocycles. The fourth-order valence-electron chi connectivity index (χ4n) is 2.47. The minimum Gasteiger partial charge on any atom is -0.497 e. The molecule has 112 valence electrons. The van der Waals surface area contributed by atoms with E-state index in [9.17, 15) is 14.7 Å². The number of benzene rings is 1. The van der Waals surface area contributed by atoms with Crippen LogP contribution in [-0.4, -0.2) is 34.5 Å². The second-order valence-electron chi connectivity index (χ2n) is 4.72. The maximum Gasteiger partial charge on any atom is 0.308 e. The van der Waals surface area contributed by atoms with Crippen molar-refractivity contribution < 1.29 is 19.7 Å². The lowest BCUT2D eigenvalue weighted by Crippen LogP contribution is -2.22. The minimum atomic E-state index is -1.06. The second-order valence-corrected chi connectivity index (χ2v) is 4.72. The van der Waals surface area contributed by atoms with Crippen molar-refractivity contribution in [2.75, 3.05) is 13.7 Å². The van der Waals surface area contributed by atoms with Crippen LogP contribution in [0.5, 0.6) is 5.75 Å². The molecule has 0 bridgehead atoms. The molecule has 2 N–H and O–H groups in total. The van der Waals surface area contributed by atoms with E-state index in [1.54, 1.807) is 29.7 Å². The van der Waals surface area contributed by atoms with E-state index < -0.39 is 5.97 Å². The van der Waals surface area contributed by atoms with Gasteiger partial charge in [-0.25, -0.2) is 0 Å². The second kappa shape index (κ2) is 5.97. The molecule has 0 saturated carbocycles. The molecule has 6 heteroatoms. The van der Waals surface area contributed by atoms with Gasteiger partial charge in [0, 0.05) is 29.3 Å². The maximum absolute atomic E-state index is 12.5. The van der Waals surface area contributed by atoms with Gasteiger partial charge in [0.05, 0.1) is 25.7 Å². The zero-order chi connectivity index (χ0) is 15.6. The Morgan fingerprint density at radius 3 is 2.67 bits per heavy atom. The number of aliphatic carboxylic acids is 1. The van der Waals surface area contributed by atoms with Crippen LogP contribution in [0.15, 0.2) is 23.0 Å². The Kier molecular flexibility index (Phi) is 4.28. The molecule has 1 heterocycles. The third kappa shape index (κ3) is 2.75. The number of rotatable bonds is 5. The Balaban J connectivity index is 2.84. The number of hydrogen-bond donors (Lipinski definition) is 2. The summed E-state index contributed by atoms with van der Waals surface area (Å²) in [5.74, 6) is -0.461. The average Bonchev–Trinajstić information content (AvgIpc) is 2.47. The van der Waals surface area contributed by atoms with Crippen molar-refractivity contribution in [2.24, 2.45) is 0 Å². The highest BCUT2D eigenvalue weighted by Crippen LogP contribution is 2.21. The van der Waals surface area contributed by atoms with Crippen molar-refractivity contribution in [1.82, 2.24) is 4.57 Å². The summed E-state index contributed by atoms with van der Waals surface area (Å²) >= 11 is 0. The number of carbonyl (C=O) groups is 1. The van der Waals surface area contributed by atoms with Crippen LogP contribution in [0.3, 0.4) is 0 Å². The Labute approximate surface area is 121 Å². The smallest absolute Gasteiger partial charge is 0.308 e. The first kappa shape index (κ1) is 15.1. The number of fused-ring (bicyclic) bond motifs is 1. The summed E-state index contributed by atoms with van der Waals surface area (Å²) in [6.07, 6.45) is -0.335. The van der Waals surface area contributed by atoms with Gasteiger partial charge in [-0.1, -0.05) is 0 Å². The van der Waals surface area contributed by atoms with E-state index in [4.69, 9.17) is 9.84 Å². The normalized spacial score (nSPS) is 10.8.